The van der Waals surface area contributed by atoms with Crippen molar-refractivity contribution in [3.63, 3.8) is 0 Å². The van der Waals surface area contributed by atoms with Gasteiger partial charge in [-0.15, -0.1) is 0 Å². The zero-order valence-electron chi connectivity index (χ0n) is 25.4. The molecule has 0 atom stereocenters. The standard InChI is InChI=1S/C26H30N4O3.C4H8N2O.C2H6/c1-3-6-21(7-4-2)30-18-23(24-25(30)26(31)28-19-27-24)20-8-10-22(11-9-20)33-15-5-12-29-13-16-32-17-14-29;1-4(7)6-3-5-2;1-2/h3-4,6-11,18-19H,1,5,12-17H2,2H3,(H,27,28,31);3H,1-2H3,(H,5,6,7);1-2H3/b7-4-,21-6+;;. The van der Waals surface area contributed by atoms with Crippen LogP contribution in [-0.4, -0.2) is 78.2 Å². The number of carbonyl (C=O) groups excluding carboxylic acids is 1. The predicted octanol–water partition coefficient (Wildman–Crippen LogP) is 4.90. The molecule has 3 heterocycles. The van der Waals surface area contributed by atoms with E-state index in [2.05, 4.69) is 31.8 Å². The maximum atomic E-state index is 12.6. The minimum Gasteiger partial charge on any atom is -0.494 e. The summed E-state index contributed by atoms with van der Waals surface area (Å²) in [5, 5.41) is 2.36. The number of amides is 1. The summed E-state index contributed by atoms with van der Waals surface area (Å²) in [5.41, 5.74) is 3.65. The summed E-state index contributed by atoms with van der Waals surface area (Å²) in [6, 6.07) is 7.94. The Kier molecular flexibility index (Phi) is 15.3. The first-order chi connectivity index (χ1) is 20.5. The van der Waals surface area contributed by atoms with Crippen LogP contribution in [0.2, 0.25) is 0 Å². The lowest BCUT2D eigenvalue weighted by Gasteiger charge is -2.26. The van der Waals surface area contributed by atoms with Crippen LogP contribution in [0.5, 0.6) is 5.75 Å². The summed E-state index contributed by atoms with van der Waals surface area (Å²) in [6.45, 7) is 16.5. The average Bonchev–Trinajstić information content (AvgIpc) is 3.41. The van der Waals surface area contributed by atoms with Crippen LogP contribution in [0.15, 0.2) is 77.5 Å². The number of hydrogen-bond acceptors (Lipinski definition) is 7. The van der Waals surface area contributed by atoms with E-state index in [-0.39, 0.29) is 11.5 Å². The number of fused-ring (bicyclic) bond motifs is 1. The van der Waals surface area contributed by atoms with Crippen LogP contribution in [0.25, 0.3) is 27.9 Å². The second kappa shape index (κ2) is 19.0. The Balaban J connectivity index is 0.000000601. The van der Waals surface area contributed by atoms with E-state index in [0.717, 1.165) is 61.8 Å². The molecule has 1 fully saturated rings. The number of aliphatic imine (C=N–C) groups is 1. The van der Waals surface area contributed by atoms with Crippen molar-refractivity contribution in [1.82, 2.24) is 24.8 Å². The zero-order valence-corrected chi connectivity index (χ0v) is 25.4. The lowest BCUT2D eigenvalue weighted by Crippen LogP contribution is -2.37. The number of ether oxygens (including phenoxy) is 2. The van der Waals surface area contributed by atoms with E-state index in [0.29, 0.717) is 17.6 Å². The van der Waals surface area contributed by atoms with Gasteiger partial charge in [0.05, 0.1) is 32.5 Å². The molecular formula is C32H44N6O4. The molecule has 1 aliphatic heterocycles. The van der Waals surface area contributed by atoms with E-state index in [1.54, 1.807) is 13.1 Å². The molecule has 2 N–H and O–H groups in total. The zero-order chi connectivity index (χ0) is 30.7. The van der Waals surface area contributed by atoms with Crippen molar-refractivity contribution in [3.8, 4) is 16.9 Å². The third-order valence-electron chi connectivity index (χ3n) is 6.04. The average molecular weight is 577 g/mol. The number of aromatic amines is 1. The molecule has 42 heavy (non-hydrogen) atoms. The van der Waals surface area contributed by atoms with Gasteiger partial charge in [0.1, 0.15) is 16.8 Å². The Labute approximate surface area is 248 Å². The number of aromatic nitrogens is 3. The Morgan fingerprint density at radius 2 is 1.95 bits per heavy atom. The largest absolute Gasteiger partial charge is 0.494 e. The lowest BCUT2D eigenvalue weighted by atomic mass is 10.1. The van der Waals surface area contributed by atoms with Gasteiger partial charge in [-0.2, -0.15) is 0 Å². The number of carbonyl (C=O) groups is 1. The van der Waals surface area contributed by atoms with E-state index in [4.69, 9.17) is 9.47 Å². The fourth-order valence-electron chi connectivity index (χ4n) is 4.18. The van der Waals surface area contributed by atoms with Crippen molar-refractivity contribution in [1.29, 1.82) is 0 Å². The monoisotopic (exact) mass is 576 g/mol. The van der Waals surface area contributed by atoms with E-state index in [1.807, 2.05) is 74.0 Å². The van der Waals surface area contributed by atoms with Gasteiger partial charge in [-0.1, -0.05) is 44.7 Å². The maximum Gasteiger partial charge on any atom is 0.275 e. The predicted molar refractivity (Wildman–Crippen MR) is 172 cm³/mol. The Morgan fingerprint density at radius 3 is 2.55 bits per heavy atom. The van der Waals surface area contributed by atoms with Crippen LogP contribution < -0.4 is 15.6 Å². The summed E-state index contributed by atoms with van der Waals surface area (Å²) < 4.78 is 13.2. The molecule has 1 saturated heterocycles. The lowest BCUT2D eigenvalue weighted by molar-refractivity contribution is -0.117. The molecule has 0 bridgehead atoms. The van der Waals surface area contributed by atoms with Gasteiger partial charge in [0.2, 0.25) is 5.91 Å². The van der Waals surface area contributed by atoms with Crippen molar-refractivity contribution >= 4 is 29.0 Å². The SMILES string of the molecule is C=C/C=C(\C=C/C)n1cc(-c2ccc(OCCCN3CCOCC3)cc2)c2nc[nH]c(=O)c21.CC.CN=CNC(C)=O. The van der Waals surface area contributed by atoms with E-state index >= 15 is 0 Å². The molecule has 1 amide bonds. The molecule has 0 radical (unpaired) electrons. The van der Waals surface area contributed by atoms with Gasteiger partial charge in [0, 0.05) is 51.1 Å². The molecule has 0 spiro atoms. The number of H-pyrrole nitrogens is 1. The number of allylic oxidation sites excluding steroid dienone is 5. The summed E-state index contributed by atoms with van der Waals surface area (Å²) in [7, 11) is 1.59. The van der Waals surface area contributed by atoms with E-state index < -0.39 is 0 Å². The molecule has 1 aliphatic rings. The highest BCUT2D eigenvalue weighted by atomic mass is 16.5. The Hall–Kier alpha value is -4.28. The molecule has 10 heteroatoms. The second-order valence-corrected chi connectivity index (χ2v) is 8.94. The topological polar surface area (TPSA) is 114 Å². The number of morpholine rings is 1. The molecule has 0 unspecified atom stereocenters. The van der Waals surface area contributed by atoms with Gasteiger partial charge in [-0.25, -0.2) is 4.98 Å². The molecule has 4 rings (SSSR count). The fourth-order valence-corrected chi connectivity index (χ4v) is 4.18. The van der Waals surface area contributed by atoms with Crippen molar-refractivity contribution in [2.24, 2.45) is 4.99 Å². The third-order valence-corrected chi connectivity index (χ3v) is 6.04. The molecule has 3 aromatic rings. The van der Waals surface area contributed by atoms with Gasteiger partial charge in [0.25, 0.3) is 5.56 Å². The molecule has 226 valence electrons. The number of nitrogens with zero attached hydrogens (tertiary/aromatic N) is 4. The summed E-state index contributed by atoms with van der Waals surface area (Å²) in [4.78, 5) is 35.7. The summed E-state index contributed by atoms with van der Waals surface area (Å²) >= 11 is 0. The highest BCUT2D eigenvalue weighted by molar-refractivity contribution is 5.95. The van der Waals surface area contributed by atoms with Crippen LogP contribution in [-0.2, 0) is 9.53 Å². The van der Waals surface area contributed by atoms with Crippen molar-refractivity contribution in [2.45, 2.75) is 34.1 Å². The Bertz CT molecular complexity index is 1400. The van der Waals surface area contributed by atoms with Crippen LogP contribution >= 0.6 is 0 Å². The van der Waals surface area contributed by atoms with Gasteiger partial charge in [0.15, 0.2) is 0 Å². The summed E-state index contributed by atoms with van der Waals surface area (Å²) in [6.07, 6.45) is 13.1. The molecule has 0 aliphatic carbocycles. The number of nitrogens with one attached hydrogen (secondary N) is 2. The molecule has 10 nitrogen and oxygen atoms in total. The van der Waals surface area contributed by atoms with Gasteiger partial charge in [-0.05, 0) is 43.2 Å². The first-order valence-electron chi connectivity index (χ1n) is 14.2. The third kappa shape index (κ3) is 10.3. The van der Waals surface area contributed by atoms with Crippen LogP contribution in [0.1, 0.15) is 34.1 Å². The van der Waals surface area contributed by atoms with Crippen molar-refractivity contribution in [3.05, 3.63) is 78.0 Å². The van der Waals surface area contributed by atoms with Crippen molar-refractivity contribution < 1.29 is 14.3 Å². The summed E-state index contributed by atoms with van der Waals surface area (Å²) in [5.74, 6) is 0.738. The van der Waals surface area contributed by atoms with Crippen LogP contribution in [0, 0.1) is 0 Å². The quantitative estimate of drug-likeness (QED) is 0.154. The first-order valence-corrected chi connectivity index (χ1v) is 14.2. The highest BCUT2D eigenvalue weighted by Gasteiger charge is 2.16. The van der Waals surface area contributed by atoms with E-state index in [9.17, 15) is 9.59 Å². The second-order valence-electron chi connectivity index (χ2n) is 8.94. The normalized spacial score (nSPS) is 13.8. The number of benzene rings is 1. The molecular weight excluding hydrogens is 532 g/mol. The van der Waals surface area contributed by atoms with Crippen LogP contribution in [0.3, 0.4) is 0 Å². The van der Waals surface area contributed by atoms with Gasteiger partial charge >= 0.3 is 0 Å². The number of hydrogen-bond donors (Lipinski definition) is 2. The molecule has 0 saturated carbocycles. The maximum absolute atomic E-state index is 12.6. The van der Waals surface area contributed by atoms with Gasteiger partial charge in [-0.3, -0.25) is 19.5 Å². The fraction of sp³-hybridized carbons (Fsp3) is 0.375. The molecule has 1 aromatic carbocycles. The first kappa shape index (κ1) is 33.9. The highest BCUT2D eigenvalue weighted by Crippen LogP contribution is 2.31. The van der Waals surface area contributed by atoms with Crippen molar-refractivity contribution in [2.75, 3.05) is 46.5 Å². The minimum absolute atomic E-state index is 0.0920. The van der Waals surface area contributed by atoms with Crippen LogP contribution in [0.4, 0.5) is 0 Å². The van der Waals surface area contributed by atoms with Gasteiger partial charge < -0.3 is 24.3 Å². The molecule has 2 aromatic heterocycles. The minimum atomic E-state index is -0.189. The van der Waals surface area contributed by atoms with E-state index in [1.165, 1.54) is 19.6 Å². The Morgan fingerprint density at radius 1 is 1.24 bits per heavy atom. The smallest absolute Gasteiger partial charge is 0.275 e. The number of rotatable bonds is 10.